The fourth-order valence-electron chi connectivity index (χ4n) is 1.71. The summed E-state index contributed by atoms with van der Waals surface area (Å²) in [5.41, 5.74) is 0. The summed E-state index contributed by atoms with van der Waals surface area (Å²) in [4.78, 5) is 4.16. The Hall–Kier alpha value is -0.620. The summed E-state index contributed by atoms with van der Waals surface area (Å²) in [5.74, 6) is 0.487. The zero-order chi connectivity index (χ0) is 11.8. The highest BCUT2D eigenvalue weighted by molar-refractivity contribution is 7.11. The number of alkyl halides is 3. The predicted molar refractivity (Wildman–Crippen MR) is 56.3 cm³/mol. The van der Waals surface area contributed by atoms with E-state index < -0.39 is 11.2 Å². The molecule has 0 saturated heterocycles. The summed E-state index contributed by atoms with van der Waals surface area (Å²) in [6.45, 7) is 2.72. The number of aromatic nitrogens is 1. The van der Waals surface area contributed by atoms with Crippen LogP contribution in [0.1, 0.15) is 35.7 Å². The molecule has 1 aromatic rings. The molecule has 0 spiro atoms. The van der Waals surface area contributed by atoms with Crippen LogP contribution < -0.4 is 5.32 Å². The SMILES string of the molecule is CCNC(c1cnc(C(F)(F)F)s1)C1CC1. The van der Waals surface area contributed by atoms with Crippen LogP contribution >= 0.6 is 11.3 Å². The van der Waals surface area contributed by atoms with E-state index in [1.165, 1.54) is 6.20 Å². The van der Waals surface area contributed by atoms with E-state index >= 15 is 0 Å². The van der Waals surface area contributed by atoms with E-state index in [1.807, 2.05) is 6.92 Å². The van der Waals surface area contributed by atoms with Crippen LogP contribution in [0.15, 0.2) is 6.20 Å². The van der Waals surface area contributed by atoms with Crippen molar-refractivity contribution < 1.29 is 13.2 Å². The van der Waals surface area contributed by atoms with E-state index in [0.717, 1.165) is 30.7 Å². The van der Waals surface area contributed by atoms with Crippen molar-refractivity contribution in [2.24, 2.45) is 5.92 Å². The number of hydrogen-bond acceptors (Lipinski definition) is 3. The van der Waals surface area contributed by atoms with Crippen LogP contribution in [0.3, 0.4) is 0 Å². The molecule has 0 aliphatic heterocycles. The van der Waals surface area contributed by atoms with E-state index in [-0.39, 0.29) is 6.04 Å². The van der Waals surface area contributed by atoms with E-state index in [2.05, 4.69) is 10.3 Å². The summed E-state index contributed by atoms with van der Waals surface area (Å²) in [6.07, 6.45) is -0.768. The maximum atomic E-state index is 12.4. The van der Waals surface area contributed by atoms with Crippen LogP contribution in [0, 0.1) is 5.92 Å². The minimum Gasteiger partial charge on any atom is -0.309 e. The van der Waals surface area contributed by atoms with Gasteiger partial charge in [-0.2, -0.15) is 13.2 Å². The van der Waals surface area contributed by atoms with Gasteiger partial charge in [0.2, 0.25) is 0 Å². The van der Waals surface area contributed by atoms with Crippen molar-refractivity contribution >= 4 is 11.3 Å². The Morgan fingerprint density at radius 1 is 1.56 bits per heavy atom. The molecule has 1 aliphatic rings. The third-order valence-corrected chi connectivity index (χ3v) is 3.72. The van der Waals surface area contributed by atoms with Crippen molar-refractivity contribution in [2.45, 2.75) is 32.0 Å². The molecule has 1 aliphatic carbocycles. The van der Waals surface area contributed by atoms with Crippen LogP contribution in [0.25, 0.3) is 0 Å². The minimum absolute atomic E-state index is 0.0543. The minimum atomic E-state index is -4.32. The van der Waals surface area contributed by atoms with Crippen molar-refractivity contribution in [3.8, 4) is 0 Å². The topological polar surface area (TPSA) is 24.9 Å². The Morgan fingerprint density at radius 3 is 2.69 bits per heavy atom. The van der Waals surface area contributed by atoms with E-state index in [4.69, 9.17) is 0 Å². The molecule has 1 fully saturated rings. The second kappa shape index (κ2) is 4.33. The lowest BCUT2D eigenvalue weighted by atomic mass is 10.1. The predicted octanol–water partition coefficient (Wildman–Crippen LogP) is 3.22. The number of thiazole rings is 1. The van der Waals surface area contributed by atoms with Gasteiger partial charge in [0.25, 0.3) is 0 Å². The molecule has 1 saturated carbocycles. The second-order valence-electron chi connectivity index (χ2n) is 3.94. The lowest BCUT2D eigenvalue weighted by molar-refractivity contribution is -0.137. The van der Waals surface area contributed by atoms with Crippen molar-refractivity contribution in [1.82, 2.24) is 10.3 Å². The van der Waals surface area contributed by atoms with E-state index in [1.54, 1.807) is 0 Å². The van der Waals surface area contributed by atoms with Crippen LogP contribution in [0.4, 0.5) is 13.2 Å². The van der Waals surface area contributed by atoms with Crippen molar-refractivity contribution in [2.75, 3.05) is 6.54 Å². The number of nitrogens with one attached hydrogen (secondary N) is 1. The van der Waals surface area contributed by atoms with Gasteiger partial charge in [-0.25, -0.2) is 4.98 Å². The van der Waals surface area contributed by atoms with Crippen LogP contribution in [-0.2, 0) is 6.18 Å². The fraction of sp³-hybridized carbons (Fsp3) is 0.700. The van der Waals surface area contributed by atoms with E-state index in [0.29, 0.717) is 10.8 Å². The van der Waals surface area contributed by atoms with Gasteiger partial charge in [-0.3, -0.25) is 0 Å². The van der Waals surface area contributed by atoms with Crippen LogP contribution in [-0.4, -0.2) is 11.5 Å². The first-order valence-electron chi connectivity index (χ1n) is 5.28. The molecule has 1 heterocycles. The molecular weight excluding hydrogens is 237 g/mol. The van der Waals surface area contributed by atoms with E-state index in [9.17, 15) is 13.2 Å². The molecule has 1 unspecified atom stereocenters. The maximum absolute atomic E-state index is 12.4. The first-order chi connectivity index (χ1) is 7.52. The highest BCUT2D eigenvalue weighted by Crippen LogP contribution is 2.44. The summed E-state index contributed by atoms with van der Waals surface area (Å²) >= 11 is 0.758. The molecule has 2 rings (SSSR count). The maximum Gasteiger partial charge on any atom is 0.443 e. The van der Waals surface area contributed by atoms with Gasteiger partial charge in [0.1, 0.15) is 0 Å². The smallest absolute Gasteiger partial charge is 0.309 e. The Morgan fingerprint density at radius 2 is 2.25 bits per heavy atom. The summed E-state index contributed by atoms with van der Waals surface area (Å²) < 4.78 is 37.2. The first-order valence-corrected chi connectivity index (χ1v) is 6.10. The summed E-state index contributed by atoms with van der Waals surface area (Å²) in [7, 11) is 0. The normalized spacial score (nSPS) is 18.8. The second-order valence-corrected chi connectivity index (χ2v) is 5.00. The highest BCUT2D eigenvalue weighted by atomic mass is 32.1. The molecule has 0 bridgehead atoms. The molecule has 1 N–H and O–H groups in total. The summed E-state index contributed by atoms with van der Waals surface area (Å²) in [5, 5.41) is 2.48. The van der Waals surface area contributed by atoms with Crippen molar-refractivity contribution in [3.63, 3.8) is 0 Å². The molecule has 0 amide bonds. The highest BCUT2D eigenvalue weighted by Gasteiger charge is 2.38. The zero-order valence-electron chi connectivity index (χ0n) is 8.84. The molecule has 16 heavy (non-hydrogen) atoms. The molecule has 6 heteroatoms. The number of hydrogen-bond donors (Lipinski definition) is 1. The lowest BCUT2D eigenvalue weighted by Gasteiger charge is -2.14. The number of rotatable bonds is 4. The van der Waals surface area contributed by atoms with Crippen molar-refractivity contribution in [3.05, 3.63) is 16.1 Å². The molecule has 0 aromatic carbocycles. The van der Waals surface area contributed by atoms with Gasteiger partial charge in [0.15, 0.2) is 5.01 Å². The Balaban J connectivity index is 2.15. The molecular formula is C10H13F3N2S. The zero-order valence-corrected chi connectivity index (χ0v) is 9.66. The van der Waals surface area contributed by atoms with Gasteiger partial charge in [-0.15, -0.1) is 11.3 Å². The van der Waals surface area contributed by atoms with Gasteiger partial charge in [-0.05, 0) is 25.3 Å². The lowest BCUT2D eigenvalue weighted by Crippen LogP contribution is -2.21. The molecule has 2 nitrogen and oxygen atoms in total. The Labute approximate surface area is 95.9 Å². The van der Waals surface area contributed by atoms with Gasteiger partial charge in [0.05, 0.1) is 0 Å². The number of nitrogens with zero attached hydrogens (tertiary/aromatic N) is 1. The van der Waals surface area contributed by atoms with Gasteiger partial charge >= 0.3 is 6.18 Å². The van der Waals surface area contributed by atoms with Crippen LogP contribution in [0.5, 0.6) is 0 Å². The molecule has 1 aromatic heterocycles. The molecule has 0 radical (unpaired) electrons. The Kier molecular flexibility index (Phi) is 3.21. The van der Waals surface area contributed by atoms with Crippen molar-refractivity contribution in [1.29, 1.82) is 0 Å². The molecule has 90 valence electrons. The average molecular weight is 250 g/mol. The summed E-state index contributed by atoms with van der Waals surface area (Å²) in [6, 6.07) is 0.0543. The van der Waals surface area contributed by atoms with Gasteiger partial charge in [-0.1, -0.05) is 6.92 Å². The standard InChI is InChI=1S/C10H13F3N2S/c1-2-14-8(6-3-4-6)7-5-15-9(16-7)10(11,12)13/h5-6,8,14H,2-4H2,1H3. The van der Waals surface area contributed by atoms with Gasteiger partial charge in [0, 0.05) is 17.1 Å². The average Bonchev–Trinajstić information content (AvgIpc) is 2.89. The monoisotopic (exact) mass is 250 g/mol. The number of halogens is 3. The van der Waals surface area contributed by atoms with Gasteiger partial charge < -0.3 is 5.32 Å². The Bertz CT molecular complexity index is 357. The quantitative estimate of drug-likeness (QED) is 0.887. The third kappa shape index (κ3) is 2.55. The van der Waals surface area contributed by atoms with Crippen LogP contribution in [0.2, 0.25) is 0 Å². The fourth-order valence-corrected chi connectivity index (χ4v) is 2.66. The third-order valence-electron chi connectivity index (χ3n) is 2.59. The largest absolute Gasteiger partial charge is 0.443 e. The molecule has 1 atom stereocenters. The first kappa shape index (κ1) is 11.9.